The van der Waals surface area contributed by atoms with Gasteiger partial charge in [0, 0.05) is 12.7 Å². The Kier molecular flexibility index (Phi) is 4.96. The van der Waals surface area contributed by atoms with Crippen molar-refractivity contribution in [2.24, 2.45) is 0 Å². The molecule has 0 spiro atoms. The maximum absolute atomic E-state index is 4.41. The van der Waals surface area contributed by atoms with E-state index >= 15 is 0 Å². The highest BCUT2D eigenvalue weighted by Crippen LogP contribution is 2.24. The molecular weight excluding hydrogens is 246 g/mol. The summed E-state index contributed by atoms with van der Waals surface area (Å²) in [6.07, 6.45) is 3.02. The van der Waals surface area contributed by atoms with Gasteiger partial charge in [-0.15, -0.1) is 0 Å². The molecule has 0 fully saturated rings. The van der Waals surface area contributed by atoms with E-state index in [9.17, 15) is 0 Å². The van der Waals surface area contributed by atoms with Crippen LogP contribution >= 0.6 is 0 Å². The van der Waals surface area contributed by atoms with E-state index in [1.54, 1.807) is 0 Å². The molecule has 2 rings (SSSR count). The summed E-state index contributed by atoms with van der Waals surface area (Å²) in [6, 6.07) is 9.05. The van der Waals surface area contributed by atoms with Crippen molar-refractivity contribution in [2.75, 3.05) is 6.54 Å². The second-order valence-corrected chi connectivity index (χ2v) is 5.30. The number of benzene rings is 1. The number of hydrogen-bond donors (Lipinski definition) is 1. The molecule has 0 saturated carbocycles. The summed E-state index contributed by atoms with van der Waals surface area (Å²) < 4.78 is 2.07. The molecule has 1 aromatic heterocycles. The first-order chi connectivity index (χ1) is 9.67. The summed E-state index contributed by atoms with van der Waals surface area (Å²) in [5.74, 6) is 0. The van der Waals surface area contributed by atoms with Gasteiger partial charge < -0.3 is 5.32 Å². The fourth-order valence-electron chi connectivity index (χ4n) is 2.48. The van der Waals surface area contributed by atoms with Crippen molar-refractivity contribution >= 4 is 0 Å². The molecule has 0 aliphatic heterocycles. The summed E-state index contributed by atoms with van der Waals surface area (Å²) in [4.78, 5) is 0. The molecule has 3 heteroatoms. The Morgan fingerprint density at radius 1 is 1.15 bits per heavy atom. The van der Waals surface area contributed by atoms with Crippen molar-refractivity contribution in [3.8, 4) is 0 Å². The van der Waals surface area contributed by atoms with Gasteiger partial charge >= 0.3 is 0 Å². The van der Waals surface area contributed by atoms with Crippen molar-refractivity contribution in [2.45, 2.75) is 46.7 Å². The van der Waals surface area contributed by atoms with Crippen molar-refractivity contribution in [1.29, 1.82) is 0 Å². The second-order valence-electron chi connectivity index (χ2n) is 5.30. The van der Waals surface area contributed by atoms with E-state index in [0.29, 0.717) is 0 Å². The van der Waals surface area contributed by atoms with Gasteiger partial charge in [-0.2, -0.15) is 5.10 Å². The molecule has 0 saturated heterocycles. The lowest BCUT2D eigenvalue weighted by Gasteiger charge is -2.21. The Bertz CT molecular complexity index is 557. The Labute approximate surface area is 122 Å². The van der Waals surface area contributed by atoms with Crippen LogP contribution in [0.4, 0.5) is 0 Å². The predicted octanol–water partition coefficient (Wildman–Crippen LogP) is 3.61. The average molecular weight is 271 g/mol. The summed E-state index contributed by atoms with van der Waals surface area (Å²) in [5.41, 5.74) is 5.24. The molecule has 1 heterocycles. The molecule has 0 aliphatic rings. The summed E-state index contributed by atoms with van der Waals surface area (Å²) >= 11 is 0. The number of nitrogens with one attached hydrogen (secondary N) is 1. The first-order valence-electron chi connectivity index (χ1n) is 7.49. The minimum absolute atomic E-state index is 0.219. The second kappa shape index (κ2) is 6.71. The Morgan fingerprint density at radius 2 is 1.95 bits per heavy atom. The van der Waals surface area contributed by atoms with Crippen molar-refractivity contribution < 1.29 is 0 Å². The summed E-state index contributed by atoms with van der Waals surface area (Å²) in [7, 11) is 0. The van der Waals surface area contributed by atoms with Crippen LogP contribution in [0.25, 0.3) is 0 Å². The Hall–Kier alpha value is -1.61. The predicted molar refractivity (Wildman–Crippen MR) is 84.0 cm³/mol. The quantitative estimate of drug-likeness (QED) is 0.870. The van der Waals surface area contributed by atoms with Gasteiger partial charge in [-0.3, -0.25) is 4.68 Å². The zero-order valence-corrected chi connectivity index (χ0v) is 13.0. The van der Waals surface area contributed by atoms with Crippen LogP contribution < -0.4 is 5.32 Å². The highest BCUT2D eigenvalue weighted by molar-refractivity contribution is 5.35. The van der Waals surface area contributed by atoms with Gasteiger partial charge in [0.05, 0.1) is 11.7 Å². The molecular formula is C17H25N3. The molecule has 1 unspecified atom stereocenters. The fourth-order valence-corrected chi connectivity index (χ4v) is 2.48. The number of hydrogen-bond acceptors (Lipinski definition) is 2. The number of nitrogens with zero attached hydrogens (tertiary/aromatic N) is 2. The van der Waals surface area contributed by atoms with Gasteiger partial charge in [-0.05, 0) is 56.5 Å². The Balaban J connectivity index is 2.38. The Morgan fingerprint density at radius 3 is 2.60 bits per heavy atom. The van der Waals surface area contributed by atoms with E-state index in [0.717, 1.165) is 19.5 Å². The third-order valence-electron chi connectivity index (χ3n) is 3.81. The van der Waals surface area contributed by atoms with Crippen LogP contribution in [0.2, 0.25) is 0 Å². The van der Waals surface area contributed by atoms with Crippen LogP contribution in [0.1, 0.15) is 48.7 Å². The third-order valence-corrected chi connectivity index (χ3v) is 3.81. The number of aryl methyl sites for hydroxylation is 3. The molecule has 0 aliphatic carbocycles. The van der Waals surface area contributed by atoms with Crippen LogP contribution in [0.3, 0.4) is 0 Å². The van der Waals surface area contributed by atoms with E-state index in [-0.39, 0.29) is 6.04 Å². The maximum atomic E-state index is 4.41. The molecule has 0 bridgehead atoms. The summed E-state index contributed by atoms with van der Waals surface area (Å²) in [5, 5.41) is 8.05. The third kappa shape index (κ3) is 3.10. The minimum atomic E-state index is 0.219. The van der Waals surface area contributed by atoms with Crippen LogP contribution in [-0.2, 0) is 6.54 Å². The molecule has 2 aromatic rings. The van der Waals surface area contributed by atoms with Crippen LogP contribution in [0.15, 0.2) is 30.5 Å². The lowest BCUT2D eigenvalue weighted by Crippen LogP contribution is -2.25. The summed E-state index contributed by atoms with van der Waals surface area (Å²) in [6.45, 7) is 10.6. The van der Waals surface area contributed by atoms with Crippen LogP contribution in [-0.4, -0.2) is 16.3 Å². The van der Waals surface area contributed by atoms with E-state index in [1.807, 2.05) is 6.20 Å². The monoisotopic (exact) mass is 271 g/mol. The van der Waals surface area contributed by atoms with Crippen LogP contribution in [0.5, 0.6) is 0 Å². The molecule has 0 radical (unpaired) electrons. The zero-order valence-electron chi connectivity index (χ0n) is 13.0. The standard InChI is InChI=1S/C17H25N3/c1-5-10-18-17(16-9-11-19-20(16)6-2)15-8-7-13(3)14(4)12-15/h7-9,11-12,17-18H,5-6,10H2,1-4H3. The molecule has 1 aromatic carbocycles. The molecule has 108 valence electrons. The number of rotatable bonds is 6. The highest BCUT2D eigenvalue weighted by atomic mass is 15.3. The first kappa shape index (κ1) is 14.8. The average Bonchev–Trinajstić information content (AvgIpc) is 2.91. The van der Waals surface area contributed by atoms with E-state index < -0.39 is 0 Å². The van der Waals surface area contributed by atoms with Gasteiger partial charge in [0.15, 0.2) is 0 Å². The van der Waals surface area contributed by atoms with Crippen molar-refractivity contribution in [3.05, 3.63) is 52.8 Å². The molecule has 20 heavy (non-hydrogen) atoms. The lowest BCUT2D eigenvalue weighted by molar-refractivity contribution is 0.529. The highest BCUT2D eigenvalue weighted by Gasteiger charge is 2.17. The van der Waals surface area contributed by atoms with Crippen molar-refractivity contribution in [3.63, 3.8) is 0 Å². The zero-order chi connectivity index (χ0) is 14.5. The van der Waals surface area contributed by atoms with Gasteiger partial charge in [0.25, 0.3) is 0 Å². The molecule has 3 nitrogen and oxygen atoms in total. The van der Waals surface area contributed by atoms with Gasteiger partial charge in [-0.1, -0.05) is 25.1 Å². The smallest absolute Gasteiger partial charge is 0.0748 e. The molecule has 1 atom stereocenters. The normalized spacial score (nSPS) is 12.6. The van der Waals surface area contributed by atoms with Gasteiger partial charge in [-0.25, -0.2) is 0 Å². The molecule has 1 N–H and O–H groups in total. The topological polar surface area (TPSA) is 29.9 Å². The van der Waals surface area contributed by atoms with Gasteiger partial charge in [0.2, 0.25) is 0 Å². The maximum Gasteiger partial charge on any atom is 0.0748 e. The van der Waals surface area contributed by atoms with Crippen molar-refractivity contribution in [1.82, 2.24) is 15.1 Å². The minimum Gasteiger partial charge on any atom is -0.305 e. The van der Waals surface area contributed by atoms with E-state index in [2.05, 4.69) is 67.1 Å². The number of aromatic nitrogens is 2. The SMILES string of the molecule is CCCNC(c1ccc(C)c(C)c1)c1ccnn1CC. The molecule has 0 amide bonds. The first-order valence-corrected chi connectivity index (χ1v) is 7.49. The van der Waals surface area contributed by atoms with Gasteiger partial charge in [0.1, 0.15) is 0 Å². The van der Waals surface area contributed by atoms with E-state index in [4.69, 9.17) is 0 Å². The van der Waals surface area contributed by atoms with Crippen LogP contribution in [0, 0.1) is 13.8 Å². The fraction of sp³-hybridized carbons (Fsp3) is 0.471. The lowest BCUT2D eigenvalue weighted by atomic mass is 9.98. The van der Waals surface area contributed by atoms with E-state index in [1.165, 1.54) is 22.4 Å². The largest absolute Gasteiger partial charge is 0.305 e.